The second-order valence-corrected chi connectivity index (χ2v) is 10.8. The normalized spacial score (nSPS) is 11.7. The van der Waals surface area contributed by atoms with Crippen molar-refractivity contribution in [3.63, 3.8) is 0 Å². The summed E-state index contributed by atoms with van der Waals surface area (Å²) < 4.78 is 27.6. The Morgan fingerprint density at radius 1 is 1.12 bits per heavy atom. The number of sulfonamides is 1. The molecule has 2 heterocycles. The Labute approximate surface area is 205 Å². The summed E-state index contributed by atoms with van der Waals surface area (Å²) >= 11 is 2.59. The molecule has 2 aromatic heterocycles. The van der Waals surface area contributed by atoms with Gasteiger partial charge in [-0.05, 0) is 37.6 Å². The van der Waals surface area contributed by atoms with Crippen LogP contribution in [0, 0.1) is 18.3 Å². The van der Waals surface area contributed by atoms with Crippen LogP contribution in [0.1, 0.15) is 22.5 Å². The maximum Gasteiger partial charge on any atom is 0.263 e. The Kier molecular flexibility index (Phi) is 7.02. The Balaban J connectivity index is 1.45. The minimum Gasteiger partial charge on any atom is -0.360 e. The molecule has 0 spiro atoms. The van der Waals surface area contributed by atoms with Crippen LogP contribution in [0.2, 0.25) is 0 Å². The Bertz CT molecular complexity index is 1460. The van der Waals surface area contributed by atoms with E-state index in [1.165, 1.54) is 40.4 Å². The van der Waals surface area contributed by atoms with Gasteiger partial charge in [0.25, 0.3) is 10.0 Å². The van der Waals surface area contributed by atoms with Gasteiger partial charge in [0.15, 0.2) is 0 Å². The van der Waals surface area contributed by atoms with E-state index in [2.05, 4.69) is 31.3 Å². The van der Waals surface area contributed by atoms with Crippen LogP contribution in [-0.2, 0) is 16.4 Å². The lowest BCUT2D eigenvalue weighted by Gasteiger charge is -2.06. The van der Waals surface area contributed by atoms with Crippen molar-refractivity contribution in [3.8, 4) is 17.3 Å². The topological polar surface area (TPSA) is 121 Å². The van der Waals surface area contributed by atoms with Crippen LogP contribution < -0.4 is 10.0 Å². The highest BCUT2D eigenvalue weighted by Gasteiger charge is 2.16. The van der Waals surface area contributed by atoms with E-state index in [1.807, 2.05) is 43.5 Å². The predicted molar refractivity (Wildman–Crippen MR) is 136 cm³/mol. The zero-order valence-corrected chi connectivity index (χ0v) is 20.8. The maximum absolute atomic E-state index is 12.6. The number of thiazole rings is 1. The second kappa shape index (κ2) is 10.1. The Morgan fingerprint density at radius 3 is 2.50 bits per heavy atom. The number of rotatable bonds is 8. The van der Waals surface area contributed by atoms with Crippen LogP contribution in [0.5, 0.6) is 0 Å². The number of benzene rings is 2. The molecule has 0 radical (unpaired) electrons. The zero-order chi connectivity index (χ0) is 24.1. The summed E-state index contributed by atoms with van der Waals surface area (Å²) in [4.78, 5) is 4.67. The van der Waals surface area contributed by atoms with Gasteiger partial charge >= 0.3 is 0 Å². The summed E-state index contributed by atoms with van der Waals surface area (Å²) in [5.74, 6) is 0. The number of aromatic nitrogens is 3. The number of nitrogens with zero attached hydrogens (tertiary/aromatic N) is 4. The highest BCUT2D eigenvalue weighted by atomic mass is 32.2. The third-order valence-electron chi connectivity index (χ3n) is 4.74. The molecule has 0 aliphatic carbocycles. The number of nitriles is 1. The maximum atomic E-state index is 12.6. The zero-order valence-electron chi connectivity index (χ0n) is 18.3. The molecule has 34 heavy (non-hydrogen) atoms. The molecule has 0 saturated heterocycles. The van der Waals surface area contributed by atoms with Crippen molar-refractivity contribution in [2.75, 3.05) is 10.0 Å². The van der Waals surface area contributed by atoms with Crippen molar-refractivity contribution >= 4 is 49.1 Å². The van der Waals surface area contributed by atoms with Gasteiger partial charge in [0.05, 0.1) is 10.6 Å². The van der Waals surface area contributed by atoms with E-state index >= 15 is 0 Å². The van der Waals surface area contributed by atoms with E-state index in [0.29, 0.717) is 22.7 Å². The molecule has 172 valence electrons. The van der Waals surface area contributed by atoms with Gasteiger partial charge in [-0.2, -0.15) is 5.26 Å². The summed E-state index contributed by atoms with van der Waals surface area (Å²) in [7, 11) is -3.78. The van der Waals surface area contributed by atoms with Gasteiger partial charge in [-0.25, -0.2) is 13.4 Å². The first-order valence-corrected chi connectivity index (χ1v) is 13.4. The van der Waals surface area contributed by atoms with Gasteiger partial charge in [0.1, 0.15) is 21.7 Å². The first-order chi connectivity index (χ1) is 16.4. The van der Waals surface area contributed by atoms with E-state index in [4.69, 9.17) is 0 Å². The van der Waals surface area contributed by atoms with Gasteiger partial charge in [-0.3, -0.25) is 4.72 Å². The molecule has 11 heteroatoms. The van der Waals surface area contributed by atoms with Crippen LogP contribution in [0.25, 0.3) is 16.8 Å². The van der Waals surface area contributed by atoms with Crippen molar-refractivity contribution in [1.82, 2.24) is 15.2 Å². The third-order valence-corrected chi connectivity index (χ3v) is 8.08. The highest BCUT2D eigenvalue weighted by molar-refractivity contribution is 7.93. The minimum atomic E-state index is -3.78. The van der Waals surface area contributed by atoms with E-state index < -0.39 is 10.0 Å². The fourth-order valence-electron chi connectivity index (χ4n) is 2.89. The monoisotopic (exact) mass is 508 g/mol. The molecule has 0 aliphatic rings. The molecule has 4 aromatic rings. The molecule has 0 unspecified atom stereocenters. The van der Waals surface area contributed by atoms with Crippen LogP contribution in [0.15, 0.2) is 65.0 Å². The Hall–Kier alpha value is -3.59. The van der Waals surface area contributed by atoms with E-state index in [0.717, 1.165) is 16.3 Å². The van der Waals surface area contributed by atoms with Crippen LogP contribution in [-0.4, -0.2) is 23.6 Å². The summed E-state index contributed by atoms with van der Waals surface area (Å²) in [6.07, 6.45) is 2.25. The van der Waals surface area contributed by atoms with Crippen molar-refractivity contribution in [1.29, 1.82) is 5.26 Å². The summed E-state index contributed by atoms with van der Waals surface area (Å²) in [6.45, 7) is 3.95. The van der Waals surface area contributed by atoms with Crippen molar-refractivity contribution < 1.29 is 8.42 Å². The average molecular weight is 509 g/mol. The first-order valence-electron chi connectivity index (χ1n) is 10.2. The molecule has 4 rings (SSSR count). The van der Waals surface area contributed by atoms with Gasteiger partial charge in [0.2, 0.25) is 5.13 Å². The smallest absolute Gasteiger partial charge is 0.263 e. The minimum absolute atomic E-state index is 0.0958. The van der Waals surface area contributed by atoms with Crippen LogP contribution in [0.3, 0.4) is 0 Å². The van der Waals surface area contributed by atoms with Crippen molar-refractivity contribution in [2.24, 2.45) is 0 Å². The molecular weight excluding hydrogens is 488 g/mol. The lowest BCUT2D eigenvalue weighted by Crippen LogP contribution is -2.12. The van der Waals surface area contributed by atoms with E-state index in [1.54, 1.807) is 18.3 Å². The fourth-order valence-corrected chi connectivity index (χ4v) is 5.60. The number of hydrogen-bond acceptors (Lipinski definition) is 9. The number of nitrogens with one attached hydrogen (secondary N) is 2. The molecule has 0 aliphatic heterocycles. The standard InChI is InChI=1S/C23H20N6O2S3/c1-3-21-27-28-23(33-21)29-34(30,31)19-10-8-18(9-11-19)25-13-17(12-24)22-26-20(14-32-22)16-6-4-15(2)5-7-16/h4-11,13-14,25H,3H2,1-2H3,(H,28,29)/b17-13+. The van der Waals surface area contributed by atoms with Crippen LogP contribution in [0.4, 0.5) is 10.8 Å². The lowest BCUT2D eigenvalue weighted by molar-refractivity contribution is 0.601. The molecule has 8 nitrogen and oxygen atoms in total. The molecule has 0 atom stereocenters. The number of anilines is 2. The SMILES string of the molecule is CCc1nnc(NS(=O)(=O)c2ccc(N/C=C(\C#N)c3nc(-c4ccc(C)cc4)cs3)cc2)s1. The highest BCUT2D eigenvalue weighted by Crippen LogP contribution is 2.27. The van der Waals surface area contributed by atoms with Gasteiger partial charge in [-0.15, -0.1) is 21.5 Å². The summed E-state index contributed by atoms with van der Waals surface area (Å²) in [6, 6.07) is 16.4. The number of aryl methyl sites for hydroxylation is 2. The Morgan fingerprint density at radius 2 is 1.85 bits per heavy atom. The molecule has 0 bridgehead atoms. The second-order valence-electron chi connectivity index (χ2n) is 7.20. The number of hydrogen-bond donors (Lipinski definition) is 2. The lowest BCUT2D eigenvalue weighted by atomic mass is 10.1. The molecule has 0 amide bonds. The third kappa shape index (κ3) is 5.48. The summed E-state index contributed by atoms with van der Waals surface area (Å²) in [5.41, 5.74) is 3.98. The van der Waals surface area contributed by atoms with Crippen molar-refractivity contribution in [3.05, 3.63) is 75.7 Å². The number of allylic oxidation sites excluding steroid dienone is 1. The molecule has 2 aromatic carbocycles. The van der Waals surface area contributed by atoms with E-state index in [9.17, 15) is 13.7 Å². The first kappa shape index (κ1) is 23.6. The van der Waals surface area contributed by atoms with E-state index in [-0.39, 0.29) is 10.0 Å². The molecule has 2 N–H and O–H groups in total. The quantitative estimate of drug-likeness (QED) is 0.309. The predicted octanol–water partition coefficient (Wildman–Crippen LogP) is 5.31. The van der Waals surface area contributed by atoms with Gasteiger partial charge in [0, 0.05) is 22.8 Å². The average Bonchev–Trinajstić information content (AvgIpc) is 3.50. The van der Waals surface area contributed by atoms with Gasteiger partial charge in [-0.1, -0.05) is 48.1 Å². The summed E-state index contributed by atoms with van der Waals surface area (Å²) in [5, 5.41) is 23.9. The van der Waals surface area contributed by atoms with Gasteiger partial charge < -0.3 is 5.32 Å². The largest absolute Gasteiger partial charge is 0.360 e. The molecule has 0 saturated carbocycles. The van der Waals surface area contributed by atoms with Crippen molar-refractivity contribution in [2.45, 2.75) is 25.2 Å². The molecular formula is C23H20N6O2S3. The fraction of sp³-hybridized carbons (Fsp3) is 0.130. The van der Waals surface area contributed by atoms with Crippen LogP contribution >= 0.6 is 22.7 Å². The molecule has 0 fully saturated rings.